The average Bonchev–Trinajstić information content (AvgIpc) is 2.96. The van der Waals surface area contributed by atoms with Crippen LogP contribution in [-0.2, 0) is 16.0 Å². The Morgan fingerprint density at radius 3 is 2.88 bits per heavy atom. The number of carbonyl (C=O) groups is 1. The van der Waals surface area contributed by atoms with Gasteiger partial charge < -0.3 is 14.5 Å². The van der Waals surface area contributed by atoms with E-state index < -0.39 is 24.7 Å². The summed E-state index contributed by atoms with van der Waals surface area (Å²) in [5, 5.41) is 3.65. The molecule has 0 bridgehead atoms. The molecule has 1 aromatic carbocycles. The SMILES string of the molecule is O=C(NCCc1cc2ccccc2o1)C1COCCN1CC(F)(F)F. The fraction of sp³-hybridized carbons (Fsp3) is 0.471. The third-order valence-corrected chi connectivity index (χ3v) is 4.07. The van der Waals surface area contributed by atoms with Crippen molar-refractivity contribution in [3.63, 3.8) is 0 Å². The molecule has 3 rings (SSSR count). The number of nitrogens with zero attached hydrogens (tertiary/aromatic N) is 1. The molecular formula is C17H19F3N2O3. The van der Waals surface area contributed by atoms with Crippen molar-refractivity contribution in [2.75, 3.05) is 32.8 Å². The van der Waals surface area contributed by atoms with Gasteiger partial charge >= 0.3 is 6.18 Å². The summed E-state index contributed by atoms with van der Waals surface area (Å²) in [6, 6.07) is 8.52. The first-order valence-electron chi connectivity index (χ1n) is 8.06. The van der Waals surface area contributed by atoms with Crippen LogP contribution in [0.5, 0.6) is 0 Å². The highest BCUT2D eigenvalue weighted by atomic mass is 19.4. The van der Waals surface area contributed by atoms with Crippen molar-refractivity contribution in [1.29, 1.82) is 0 Å². The van der Waals surface area contributed by atoms with Crippen molar-refractivity contribution in [1.82, 2.24) is 10.2 Å². The van der Waals surface area contributed by atoms with Crippen LogP contribution >= 0.6 is 0 Å². The summed E-state index contributed by atoms with van der Waals surface area (Å²) in [6.45, 7) is -0.584. The van der Waals surface area contributed by atoms with Crippen LogP contribution in [0.25, 0.3) is 11.0 Å². The molecule has 0 spiro atoms. The van der Waals surface area contributed by atoms with Gasteiger partial charge in [-0.3, -0.25) is 9.69 Å². The molecule has 1 aromatic heterocycles. The maximum Gasteiger partial charge on any atom is 0.401 e. The molecule has 1 unspecified atom stereocenters. The second-order valence-electron chi connectivity index (χ2n) is 5.97. The number of rotatable bonds is 5. The van der Waals surface area contributed by atoms with E-state index in [0.717, 1.165) is 15.9 Å². The van der Waals surface area contributed by atoms with E-state index in [1.807, 2.05) is 30.3 Å². The van der Waals surface area contributed by atoms with E-state index in [9.17, 15) is 18.0 Å². The highest BCUT2D eigenvalue weighted by Gasteiger charge is 2.38. The van der Waals surface area contributed by atoms with Crippen LogP contribution in [0.2, 0.25) is 0 Å². The number of hydrogen-bond donors (Lipinski definition) is 1. The lowest BCUT2D eigenvalue weighted by molar-refractivity contribution is -0.166. The normalized spacial score (nSPS) is 19.2. The van der Waals surface area contributed by atoms with Gasteiger partial charge in [0.25, 0.3) is 0 Å². The second-order valence-corrected chi connectivity index (χ2v) is 5.97. The molecule has 1 amide bonds. The highest BCUT2D eigenvalue weighted by Crippen LogP contribution is 2.20. The molecule has 0 aliphatic carbocycles. The van der Waals surface area contributed by atoms with Crippen molar-refractivity contribution in [2.24, 2.45) is 0 Å². The molecule has 2 aromatic rings. The highest BCUT2D eigenvalue weighted by molar-refractivity contribution is 5.82. The topological polar surface area (TPSA) is 54.7 Å². The molecule has 8 heteroatoms. The lowest BCUT2D eigenvalue weighted by Gasteiger charge is -2.34. The van der Waals surface area contributed by atoms with E-state index >= 15 is 0 Å². The molecule has 5 nitrogen and oxygen atoms in total. The molecular weight excluding hydrogens is 337 g/mol. The van der Waals surface area contributed by atoms with Crippen LogP contribution in [0.1, 0.15) is 5.76 Å². The Morgan fingerprint density at radius 2 is 2.12 bits per heavy atom. The zero-order chi connectivity index (χ0) is 17.9. The molecule has 1 atom stereocenters. The van der Waals surface area contributed by atoms with E-state index in [1.54, 1.807) is 0 Å². The number of ether oxygens (including phenoxy) is 1. The minimum absolute atomic E-state index is 0.0352. The van der Waals surface area contributed by atoms with E-state index in [2.05, 4.69) is 5.32 Å². The van der Waals surface area contributed by atoms with Crippen molar-refractivity contribution in [3.05, 3.63) is 36.1 Å². The molecule has 1 N–H and O–H groups in total. The number of nitrogens with one attached hydrogen (secondary N) is 1. The predicted molar refractivity (Wildman–Crippen MR) is 85.2 cm³/mol. The van der Waals surface area contributed by atoms with Crippen molar-refractivity contribution >= 4 is 16.9 Å². The van der Waals surface area contributed by atoms with Gasteiger partial charge in [-0.25, -0.2) is 0 Å². The van der Waals surface area contributed by atoms with Crippen LogP contribution in [0.3, 0.4) is 0 Å². The van der Waals surface area contributed by atoms with E-state index in [1.165, 1.54) is 0 Å². The van der Waals surface area contributed by atoms with Crippen molar-refractivity contribution in [2.45, 2.75) is 18.6 Å². The number of halogens is 3. The standard InChI is InChI=1S/C17H19F3N2O3/c18-17(19,20)11-22-7-8-24-10-14(22)16(23)21-6-5-13-9-12-3-1-2-4-15(12)25-13/h1-4,9,14H,5-8,10-11H2,(H,21,23). The zero-order valence-electron chi connectivity index (χ0n) is 13.5. The third-order valence-electron chi connectivity index (χ3n) is 4.07. The van der Waals surface area contributed by atoms with Gasteiger partial charge in [-0.15, -0.1) is 0 Å². The Bertz CT molecular complexity index is 696. The first-order valence-corrected chi connectivity index (χ1v) is 8.06. The Kier molecular flexibility index (Phi) is 5.29. The van der Waals surface area contributed by atoms with Crippen LogP contribution in [0.4, 0.5) is 13.2 Å². The van der Waals surface area contributed by atoms with Gasteiger partial charge in [0.15, 0.2) is 0 Å². The molecule has 1 saturated heterocycles. The molecule has 136 valence electrons. The number of morpholine rings is 1. The Balaban J connectivity index is 1.53. The Hall–Kier alpha value is -2.06. The summed E-state index contributed by atoms with van der Waals surface area (Å²) in [4.78, 5) is 13.3. The summed E-state index contributed by atoms with van der Waals surface area (Å²) in [5.41, 5.74) is 0.765. The van der Waals surface area contributed by atoms with Crippen molar-refractivity contribution in [3.8, 4) is 0 Å². The molecule has 1 aliphatic rings. The summed E-state index contributed by atoms with van der Waals surface area (Å²) in [5.74, 6) is 0.258. The van der Waals surface area contributed by atoms with Gasteiger partial charge in [-0.05, 0) is 12.1 Å². The third kappa shape index (κ3) is 4.73. The Morgan fingerprint density at radius 1 is 1.32 bits per heavy atom. The van der Waals surface area contributed by atoms with E-state index in [0.29, 0.717) is 12.2 Å². The first kappa shape index (κ1) is 17.8. The fourth-order valence-electron chi connectivity index (χ4n) is 2.89. The number of fused-ring (bicyclic) bond motifs is 1. The molecule has 25 heavy (non-hydrogen) atoms. The number of amides is 1. The minimum Gasteiger partial charge on any atom is -0.461 e. The van der Waals surface area contributed by atoms with Gasteiger partial charge in [0.05, 0.1) is 19.8 Å². The van der Waals surface area contributed by atoms with Gasteiger partial charge in [-0.2, -0.15) is 13.2 Å². The smallest absolute Gasteiger partial charge is 0.401 e. The fourth-order valence-corrected chi connectivity index (χ4v) is 2.89. The summed E-state index contributed by atoms with van der Waals surface area (Å²) < 4.78 is 48.7. The Labute approximate surface area is 142 Å². The van der Waals surface area contributed by atoms with Gasteiger partial charge in [0.2, 0.25) is 5.91 Å². The predicted octanol–water partition coefficient (Wildman–Crippen LogP) is 2.35. The maximum atomic E-state index is 12.6. The van der Waals surface area contributed by atoms with Crippen LogP contribution < -0.4 is 5.32 Å². The van der Waals surface area contributed by atoms with Gasteiger partial charge in [-0.1, -0.05) is 18.2 Å². The number of benzene rings is 1. The number of furan rings is 1. The number of hydrogen-bond acceptors (Lipinski definition) is 4. The van der Waals surface area contributed by atoms with E-state index in [-0.39, 0.29) is 26.3 Å². The first-order chi connectivity index (χ1) is 11.9. The summed E-state index contributed by atoms with van der Waals surface area (Å²) in [7, 11) is 0. The maximum absolute atomic E-state index is 12.6. The molecule has 1 aliphatic heterocycles. The van der Waals surface area contributed by atoms with Crippen molar-refractivity contribution < 1.29 is 27.1 Å². The summed E-state index contributed by atoms with van der Waals surface area (Å²) in [6.07, 6.45) is -3.88. The van der Waals surface area contributed by atoms with Crippen LogP contribution in [-0.4, -0.2) is 55.9 Å². The molecule has 0 radical (unpaired) electrons. The summed E-state index contributed by atoms with van der Waals surface area (Å²) >= 11 is 0. The number of alkyl halides is 3. The quantitative estimate of drug-likeness (QED) is 0.894. The average molecular weight is 356 g/mol. The largest absolute Gasteiger partial charge is 0.461 e. The van der Waals surface area contributed by atoms with E-state index in [4.69, 9.17) is 9.15 Å². The number of carbonyl (C=O) groups excluding carboxylic acids is 1. The number of para-hydroxylation sites is 1. The zero-order valence-corrected chi connectivity index (χ0v) is 13.5. The molecule has 1 fully saturated rings. The molecule has 2 heterocycles. The second kappa shape index (κ2) is 7.45. The van der Waals surface area contributed by atoms with Crippen LogP contribution in [0, 0.1) is 0 Å². The monoisotopic (exact) mass is 356 g/mol. The van der Waals surface area contributed by atoms with Gasteiger partial charge in [0, 0.05) is 24.9 Å². The lowest BCUT2D eigenvalue weighted by atomic mass is 10.2. The van der Waals surface area contributed by atoms with Gasteiger partial charge in [0.1, 0.15) is 17.4 Å². The van der Waals surface area contributed by atoms with Crippen LogP contribution in [0.15, 0.2) is 34.7 Å². The molecule has 0 saturated carbocycles. The lowest BCUT2D eigenvalue weighted by Crippen LogP contribution is -2.56. The minimum atomic E-state index is -4.34.